The van der Waals surface area contributed by atoms with Gasteiger partial charge in [0.15, 0.2) is 0 Å². The molecule has 0 N–H and O–H groups in total. The minimum atomic E-state index is 0.0626. The van der Waals surface area contributed by atoms with Crippen LogP contribution >= 0.6 is 0 Å². The Bertz CT molecular complexity index is 670. The highest BCUT2D eigenvalue weighted by Crippen LogP contribution is 2.37. The van der Waals surface area contributed by atoms with E-state index in [4.69, 9.17) is 14.2 Å². The van der Waals surface area contributed by atoms with Gasteiger partial charge in [-0.15, -0.1) is 0 Å². The molecule has 6 heteroatoms. The van der Waals surface area contributed by atoms with Crippen molar-refractivity contribution in [2.75, 3.05) is 52.7 Å². The van der Waals surface area contributed by atoms with E-state index in [2.05, 4.69) is 44.2 Å². The van der Waals surface area contributed by atoms with Gasteiger partial charge in [0.2, 0.25) is 5.91 Å². The molecule has 0 spiro atoms. The third kappa shape index (κ3) is 9.00. The fourth-order valence-electron chi connectivity index (χ4n) is 4.14. The van der Waals surface area contributed by atoms with Gasteiger partial charge in [-0.1, -0.05) is 58.0 Å². The number of amides is 1. The number of benzene rings is 1. The highest BCUT2D eigenvalue weighted by molar-refractivity contribution is 5.80. The van der Waals surface area contributed by atoms with E-state index < -0.39 is 0 Å². The van der Waals surface area contributed by atoms with Crippen LogP contribution in [0.25, 0.3) is 0 Å². The van der Waals surface area contributed by atoms with E-state index in [0.717, 1.165) is 13.1 Å². The van der Waals surface area contributed by atoms with Gasteiger partial charge in [0, 0.05) is 31.3 Å². The van der Waals surface area contributed by atoms with Gasteiger partial charge in [0.25, 0.3) is 0 Å². The first-order valence-electron chi connectivity index (χ1n) is 12.0. The van der Waals surface area contributed by atoms with Crippen LogP contribution < -0.4 is 0 Å². The van der Waals surface area contributed by atoms with E-state index in [9.17, 15) is 9.59 Å². The van der Waals surface area contributed by atoms with Crippen molar-refractivity contribution in [3.05, 3.63) is 35.9 Å². The number of carbonyl (C=O) groups excluding carboxylic acids is 2. The van der Waals surface area contributed by atoms with Gasteiger partial charge < -0.3 is 19.1 Å². The summed E-state index contributed by atoms with van der Waals surface area (Å²) in [5, 5.41) is 0. The van der Waals surface area contributed by atoms with E-state index in [0.29, 0.717) is 70.2 Å². The van der Waals surface area contributed by atoms with Crippen molar-refractivity contribution in [2.24, 2.45) is 17.8 Å². The SMILES string of the molecule is CC(C)C(=O)CCOCCOCCOCCC(=O)N1CC([C@@H](c2ccccc2)C(C)C)C1. The van der Waals surface area contributed by atoms with Crippen molar-refractivity contribution in [1.82, 2.24) is 4.90 Å². The van der Waals surface area contributed by atoms with Gasteiger partial charge in [0.05, 0.1) is 46.1 Å². The van der Waals surface area contributed by atoms with Crippen molar-refractivity contribution in [3.63, 3.8) is 0 Å². The topological polar surface area (TPSA) is 65.1 Å². The normalized spacial score (nSPS) is 15.2. The Hall–Kier alpha value is -1.76. The Morgan fingerprint density at radius 2 is 1.38 bits per heavy atom. The van der Waals surface area contributed by atoms with Crippen LogP contribution in [-0.4, -0.2) is 69.3 Å². The van der Waals surface area contributed by atoms with Gasteiger partial charge in [-0.05, 0) is 17.4 Å². The van der Waals surface area contributed by atoms with Crippen molar-refractivity contribution < 1.29 is 23.8 Å². The molecule has 1 aliphatic heterocycles. The Balaban J connectivity index is 1.47. The van der Waals surface area contributed by atoms with Crippen LogP contribution in [0, 0.1) is 17.8 Å². The summed E-state index contributed by atoms with van der Waals surface area (Å²) >= 11 is 0. The van der Waals surface area contributed by atoms with Gasteiger partial charge in [0.1, 0.15) is 5.78 Å². The maximum Gasteiger partial charge on any atom is 0.224 e. The molecular weight excluding hydrogens is 406 g/mol. The number of carbonyl (C=O) groups is 2. The zero-order valence-electron chi connectivity index (χ0n) is 20.3. The first-order chi connectivity index (χ1) is 15.4. The molecule has 1 aromatic rings. The van der Waals surface area contributed by atoms with Crippen LogP contribution in [0.2, 0.25) is 0 Å². The molecule has 0 bridgehead atoms. The summed E-state index contributed by atoms with van der Waals surface area (Å²) in [7, 11) is 0. The average molecular weight is 448 g/mol. The zero-order chi connectivity index (χ0) is 23.3. The fraction of sp³-hybridized carbons (Fsp3) is 0.692. The third-order valence-corrected chi connectivity index (χ3v) is 6.01. The van der Waals surface area contributed by atoms with Crippen LogP contribution in [0.15, 0.2) is 30.3 Å². The van der Waals surface area contributed by atoms with Crippen molar-refractivity contribution in [3.8, 4) is 0 Å². The molecule has 2 rings (SSSR count). The smallest absolute Gasteiger partial charge is 0.224 e. The second-order valence-corrected chi connectivity index (χ2v) is 9.20. The third-order valence-electron chi connectivity index (χ3n) is 6.01. The summed E-state index contributed by atoms with van der Waals surface area (Å²) in [6.45, 7) is 12.7. The van der Waals surface area contributed by atoms with Gasteiger partial charge in [-0.2, -0.15) is 0 Å². The van der Waals surface area contributed by atoms with E-state index in [1.807, 2.05) is 18.7 Å². The Labute approximate surface area is 193 Å². The molecule has 0 unspecified atom stereocenters. The standard InChI is InChI=1S/C26H41NO5/c1-20(2)24(28)10-12-30-14-16-32-17-15-31-13-11-25(29)27-18-23(19-27)26(21(3)4)22-8-6-5-7-9-22/h5-9,20-21,23,26H,10-19H2,1-4H3/t26-/m1/s1. The molecule has 1 aliphatic rings. The molecule has 1 atom stereocenters. The molecule has 32 heavy (non-hydrogen) atoms. The molecule has 0 radical (unpaired) electrons. The van der Waals surface area contributed by atoms with Gasteiger partial charge in [-0.25, -0.2) is 0 Å². The van der Waals surface area contributed by atoms with E-state index in [-0.39, 0.29) is 17.6 Å². The van der Waals surface area contributed by atoms with Gasteiger partial charge in [-0.3, -0.25) is 9.59 Å². The van der Waals surface area contributed by atoms with Crippen LogP contribution in [0.4, 0.5) is 0 Å². The lowest BCUT2D eigenvalue weighted by atomic mass is 9.74. The minimum Gasteiger partial charge on any atom is -0.379 e. The average Bonchev–Trinajstić information content (AvgIpc) is 2.73. The number of rotatable bonds is 16. The highest BCUT2D eigenvalue weighted by Gasteiger charge is 2.37. The number of nitrogens with zero attached hydrogens (tertiary/aromatic N) is 1. The summed E-state index contributed by atoms with van der Waals surface area (Å²) in [6, 6.07) is 10.6. The molecule has 1 amide bonds. The predicted molar refractivity (Wildman–Crippen MR) is 126 cm³/mol. The molecule has 1 fully saturated rings. The molecule has 1 saturated heterocycles. The minimum absolute atomic E-state index is 0.0626. The second-order valence-electron chi connectivity index (χ2n) is 9.20. The number of likely N-dealkylation sites (tertiary alicyclic amines) is 1. The quantitative estimate of drug-likeness (QED) is 0.359. The first-order valence-corrected chi connectivity index (χ1v) is 12.0. The van der Waals surface area contributed by atoms with Crippen molar-refractivity contribution in [1.29, 1.82) is 0 Å². The molecule has 1 heterocycles. The molecule has 180 valence electrons. The number of hydrogen-bond acceptors (Lipinski definition) is 5. The lowest BCUT2D eigenvalue weighted by Crippen LogP contribution is -2.53. The van der Waals surface area contributed by atoms with E-state index in [1.165, 1.54) is 5.56 Å². The second kappa shape index (κ2) is 14.4. The summed E-state index contributed by atoms with van der Waals surface area (Å²) in [6.07, 6.45) is 0.869. The molecule has 0 aliphatic carbocycles. The maximum atomic E-state index is 12.4. The van der Waals surface area contributed by atoms with Crippen LogP contribution in [0.1, 0.15) is 52.0 Å². The predicted octanol–water partition coefficient (Wildman–Crippen LogP) is 3.94. The molecule has 1 aromatic carbocycles. The first kappa shape index (κ1) is 26.5. The number of ketones is 1. The van der Waals surface area contributed by atoms with Crippen LogP contribution in [-0.2, 0) is 23.8 Å². The summed E-state index contributed by atoms with van der Waals surface area (Å²) in [5.74, 6) is 2.03. The summed E-state index contributed by atoms with van der Waals surface area (Å²) in [5.41, 5.74) is 1.37. The van der Waals surface area contributed by atoms with E-state index in [1.54, 1.807) is 0 Å². The monoisotopic (exact) mass is 447 g/mol. The highest BCUT2D eigenvalue weighted by atomic mass is 16.5. The van der Waals surface area contributed by atoms with Crippen LogP contribution in [0.5, 0.6) is 0 Å². The lowest BCUT2D eigenvalue weighted by Gasteiger charge is -2.45. The number of hydrogen-bond donors (Lipinski definition) is 0. The Morgan fingerprint density at radius 3 is 1.91 bits per heavy atom. The van der Waals surface area contributed by atoms with Gasteiger partial charge >= 0.3 is 0 Å². The number of ether oxygens (including phenoxy) is 3. The molecule has 0 aromatic heterocycles. The summed E-state index contributed by atoms with van der Waals surface area (Å²) < 4.78 is 16.4. The molecular formula is C26H41NO5. The molecule has 6 nitrogen and oxygen atoms in total. The lowest BCUT2D eigenvalue weighted by molar-refractivity contribution is -0.139. The zero-order valence-corrected chi connectivity index (χ0v) is 20.3. The fourth-order valence-corrected chi connectivity index (χ4v) is 4.14. The summed E-state index contributed by atoms with van der Waals surface area (Å²) in [4.78, 5) is 25.8. The Kier molecular flexibility index (Phi) is 11.9. The molecule has 0 saturated carbocycles. The van der Waals surface area contributed by atoms with Crippen molar-refractivity contribution >= 4 is 11.7 Å². The largest absolute Gasteiger partial charge is 0.379 e. The Morgan fingerprint density at radius 1 is 0.844 bits per heavy atom. The van der Waals surface area contributed by atoms with Crippen molar-refractivity contribution in [2.45, 2.75) is 46.5 Å². The van der Waals surface area contributed by atoms with E-state index >= 15 is 0 Å². The maximum absolute atomic E-state index is 12.4. The van der Waals surface area contributed by atoms with Crippen LogP contribution in [0.3, 0.4) is 0 Å². The number of Topliss-reactive ketones (excluding diaryl/α,β-unsaturated/α-hetero) is 1.